The topological polar surface area (TPSA) is 20.3 Å². The fourth-order valence-electron chi connectivity index (χ4n) is 2.57. The van der Waals surface area contributed by atoms with Gasteiger partial charge in [-0.2, -0.15) is 0 Å². The Hall–Kier alpha value is -0.730. The van der Waals surface area contributed by atoms with Gasteiger partial charge in [0.2, 0.25) is 5.91 Å². The van der Waals surface area contributed by atoms with Crippen LogP contribution in [0.5, 0.6) is 0 Å². The fourth-order valence-corrected chi connectivity index (χ4v) is 3.10. The van der Waals surface area contributed by atoms with E-state index in [-0.39, 0.29) is 11.9 Å². The van der Waals surface area contributed by atoms with E-state index in [4.69, 9.17) is 23.2 Å². The highest BCUT2D eigenvalue weighted by atomic mass is 35.5. The van der Waals surface area contributed by atoms with Gasteiger partial charge in [0.1, 0.15) is 0 Å². The average molecular weight is 300 g/mol. The maximum atomic E-state index is 12.5. The molecule has 0 N–H and O–H groups in total. The van der Waals surface area contributed by atoms with Crippen LogP contribution >= 0.6 is 23.2 Å². The van der Waals surface area contributed by atoms with E-state index in [0.717, 1.165) is 31.4 Å². The van der Waals surface area contributed by atoms with Crippen molar-refractivity contribution in [2.24, 2.45) is 0 Å². The molecule has 2 nitrogen and oxygen atoms in total. The molecule has 1 atom stereocenters. The molecule has 19 heavy (non-hydrogen) atoms. The third-order valence-corrected chi connectivity index (χ3v) is 4.40. The Morgan fingerprint density at radius 2 is 2.05 bits per heavy atom. The van der Waals surface area contributed by atoms with Crippen molar-refractivity contribution < 1.29 is 4.79 Å². The molecule has 1 unspecified atom stereocenters. The lowest BCUT2D eigenvalue weighted by Crippen LogP contribution is -2.42. The van der Waals surface area contributed by atoms with Crippen LogP contribution in [-0.2, 0) is 11.2 Å². The first kappa shape index (κ1) is 14.7. The highest BCUT2D eigenvalue weighted by Crippen LogP contribution is 2.21. The minimum Gasteiger partial charge on any atom is -0.338 e. The molecule has 0 aliphatic carbocycles. The molecule has 1 aliphatic heterocycles. The van der Waals surface area contributed by atoms with Crippen LogP contribution in [0.15, 0.2) is 24.3 Å². The lowest BCUT2D eigenvalue weighted by molar-refractivity contribution is -0.132. The van der Waals surface area contributed by atoms with Crippen molar-refractivity contribution in [3.05, 3.63) is 34.9 Å². The van der Waals surface area contributed by atoms with Gasteiger partial charge in [0.25, 0.3) is 0 Å². The highest BCUT2D eigenvalue weighted by Gasteiger charge is 2.24. The van der Waals surface area contributed by atoms with Gasteiger partial charge in [-0.3, -0.25) is 4.79 Å². The molecule has 104 valence electrons. The van der Waals surface area contributed by atoms with Gasteiger partial charge >= 0.3 is 0 Å². The van der Waals surface area contributed by atoms with Crippen molar-refractivity contribution in [3.8, 4) is 0 Å². The van der Waals surface area contributed by atoms with Crippen molar-refractivity contribution in [2.75, 3.05) is 12.4 Å². The zero-order valence-electron chi connectivity index (χ0n) is 10.9. The molecule has 0 saturated carbocycles. The monoisotopic (exact) mass is 299 g/mol. The SMILES string of the molecule is O=C(Cc1ccccc1Cl)N1CCCCCC1CCl. The molecule has 0 aromatic heterocycles. The van der Waals surface area contributed by atoms with E-state index in [9.17, 15) is 4.79 Å². The van der Waals surface area contributed by atoms with E-state index >= 15 is 0 Å². The number of halogens is 2. The first-order valence-corrected chi connectivity index (χ1v) is 7.72. The third kappa shape index (κ3) is 3.87. The quantitative estimate of drug-likeness (QED) is 0.775. The zero-order chi connectivity index (χ0) is 13.7. The van der Waals surface area contributed by atoms with Gasteiger partial charge in [-0.1, -0.05) is 42.6 Å². The predicted molar refractivity (Wildman–Crippen MR) is 79.8 cm³/mol. The van der Waals surface area contributed by atoms with Crippen molar-refractivity contribution in [1.82, 2.24) is 4.90 Å². The van der Waals surface area contributed by atoms with Crippen LogP contribution in [0.2, 0.25) is 5.02 Å². The summed E-state index contributed by atoms with van der Waals surface area (Å²) in [4.78, 5) is 14.4. The molecule has 1 heterocycles. The largest absolute Gasteiger partial charge is 0.338 e. The summed E-state index contributed by atoms with van der Waals surface area (Å²) in [5.41, 5.74) is 0.895. The summed E-state index contributed by atoms with van der Waals surface area (Å²) in [5, 5.41) is 0.660. The number of hydrogen-bond donors (Lipinski definition) is 0. The van der Waals surface area contributed by atoms with E-state index in [2.05, 4.69) is 0 Å². The summed E-state index contributed by atoms with van der Waals surface area (Å²) >= 11 is 12.1. The molecule has 4 heteroatoms. The number of carbonyl (C=O) groups excluding carboxylic acids is 1. The number of nitrogens with zero attached hydrogens (tertiary/aromatic N) is 1. The van der Waals surface area contributed by atoms with Gasteiger partial charge in [0.05, 0.1) is 6.42 Å². The number of amides is 1. The average Bonchev–Trinajstić information content (AvgIpc) is 2.66. The second kappa shape index (κ2) is 7.16. The molecule has 1 fully saturated rings. The highest BCUT2D eigenvalue weighted by molar-refractivity contribution is 6.31. The maximum Gasteiger partial charge on any atom is 0.227 e. The molecule has 1 aliphatic rings. The number of rotatable bonds is 3. The molecule has 1 aromatic rings. The lowest BCUT2D eigenvalue weighted by atomic mass is 10.1. The van der Waals surface area contributed by atoms with Crippen LogP contribution in [0, 0.1) is 0 Å². The second-order valence-electron chi connectivity index (χ2n) is 5.01. The fraction of sp³-hybridized carbons (Fsp3) is 0.533. The van der Waals surface area contributed by atoms with Gasteiger partial charge in [0.15, 0.2) is 0 Å². The molecule has 0 radical (unpaired) electrons. The predicted octanol–water partition coefficient (Wildman–Crippen LogP) is 3.89. The Balaban J connectivity index is 2.07. The Labute approximate surface area is 124 Å². The first-order valence-electron chi connectivity index (χ1n) is 6.81. The minimum absolute atomic E-state index is 0.139. The van der Waals surface area contributed by atoms with Crippen molar-refractivity contribution in [3.63, 3.8) is 0 Å². The van der Waals surface area contributed by atoms with Crippen molar-refractivity contribution in [1.29, 1.82) is 0 Å². The van der Waals surface area contributed by atoms with E-state index in [0.29, 0.717) is 17.3 Å². The molecule has 1 aromatic carbocycles. The van der Waals surface area contributed by atoms with E-state index < -0.39 is 0 Å². The summed E-state index contributed by atoms with van der Waals surface area (Å²) in [6.07, 6.45) is 4.79. The standard InChI is InChI=1S/C15H19Cl2NO/c16-11-13-7-2-1-5-9-18(13)15(19)10-12-6-3-4-8-14(12)17/h3-4,6,8,13H,1-2,5,7,9-11H2. The number of carbonyl (C=O) groups is 1. The Bertz CT molecular complexity index is 436. The number of alkyl halides is 1. The molecular weight excluding hydrogens is 281 g/mol. The van der Waals surface area contributed by atoms with E-state index in [1.165, 1.54) is 6.42 Å². The van der Waals surface area contributed by atoms with Gasteiger partial charge < -0.3 is 4.90 Å². The van der Waals surface area contributed by atoms with Crippen LogP contribution in [0.1, 0.15) is 31.2 Å². The maximum absolute atomic E-state index is 12.5. The van der Waals surface area contributed by atoms with Gasteiger partial charge in [0, 0.05) is 23.5 Å². The summed E-state index contributed by atoms with van der Waals surface area (Å²) < 4.78 is 0. The molecule has 2 rings (SSSR count). The summed E-state index contributed by atoms with van der Waals surface area (Å²) in [5.74, 6) is 0.662. The molecule has 0 spiro atoms. The molecule has 1 saturated heterocycles. The summed E-state index contributed by atoms with van der Waals surface area (Å²) in [6.45, 7) is 0.820. The Morgan fingerprint density at radius 1 is 1.26 bits per heavy atom. The van der Waals surface area contributed by atoms with Crippen LogP contribution in [0.3, 0.4) is 0 Å². The molecule has 0 bridgehead atoms. The van der Waals surface area contributed by atoms with Gasteiger partial charge in [-0.05, 0) is 24.5 Å². The molecule has 1 amide bonds. The van der Waals surface area contributed by atoms with Crippen molar-refractivity contribution >= 4 is 29.1 Å². The van der Waals surface area contributed by atoms with Crippen molar-refractivity contribution in [2.45, 2.75) is 38.1 Å². The minimum atomic E-state index is 0.139. The molecular formula is C15H19Cl2NO. The van der Waals surface area contributed by atoms with Gasteiger partial charge in [-0.25, -0.2) is 0 Å². The second-order valence-corrected chi connectivity index (χ2v) is 5.73. The van der Waals surface area contributed by atoms with Gasteiger partial charge in [-0.15, -0.1) is 11.6 Å². The number of benzene rings is 1. The summed E-state index contributed by atoms with van der Waals surface area (Å²) in [6, 6.07) is 7.71. The normalized spacial score (nSPS) is 20.1. The zero-order valence-corrected chi connectivity index (χ0v) is 12.5. The van der Waals surface area contributed by atoms with Crippen LogP contribution < -0.4 is 0 Å². The number of hydrogen-bond acceptors (Lipinski definition) is 1. The van der Waals surface area contributed by atoms with E-state index in [1.54, 1.807) is 0 Å². The Morgan fingerprint density at radius 3 is 2.79 bits per heavy atom. The smallest absolute Gasteiger partial charge is 0.227 e. The Kier molecular flexibility index (Phi) is 5.53. The van der Waals surface area contributed by atoms with Crippen LogP contribution in [0.4, 0.5) is 0 Å². The first-order chi connectivity index (χ1) is 9.22. The lowest BCUT2D eigenvalue weighted by Gasteiger charge is -2.28. The van der Waals surface area contributed by atoms with Crippen LogP contribution in [0.25, 0.3) is 0 Å². The number of likely N-dealkylation sites (tertiary alicyclic amines) is 1. The summed E-state index contributed by atoms with van der Waals surface area (Å²) in [7, 11) is 0. The van der Waals surface area contributed by atoms with Crippen LogP contribution in [-0.4, -0.2) is 29.3 Å². The third-order valence-electron chi connectivity index (χ3n) is 3.68. The van der Waals surface area contributed by atoms with E-state index in [1.807, 2.05) is 29.2 Å².